The number of hydrogen-bond donors (Lipinski definition) is 2. The summed E-state index contributed by atoms with van der Waals surface area (Å²) in [5, 5.41) is 6.84. The molecule has 0 aliphatic rings. The van der Waals surface area contributed by atoms with Gasteiger partial charge in [0.15, 0.2) is 5.65 Å². The minimum atomic E-state index is -0.841. The summed E-state index contributed by atoms with van der Waals surface area (Å²) in [6.07, 6.45) is 0. The molecule has 9 nitrogen and oxygen atoms in total. The Morgan fingerprint density at radius 2 is 1.79 bits per heavy atom. The van der Waals surface area contributed by atoms with Crippen molar-refractivity contribution in [2.45, 2.75) is 12.8 Å². The first-order valence-electron chi connectivity index (χ1n) is 12.6. The molecule has 0 saturated heterocycles. The summed E-state index contributed by atoms with van der Waals surface area (Å²) in [7, 11) is 1.19. The number of nitrogen functional groups attached to an aromatic ring is 1. The molecule has 6 aromatic rings. The zero-order chi connectivity index (χ0) is 29.7. The van der Waals surface area contributed by atoms with Crippen molar-refractivity contribution in [3.63, 3.8) is 0 Å². The van der Waals surface area contributed by atoms with E-state index in [2.05, 4.69) is 24.9 Å². The lowest BCUT2D eigenvalue weighted by molar-refractivity contribution is 0.0600. The molecule has 3 heterocycles. The standard InChI is InChI=1S/C30H20F3N5O4/c1-13(26-21(14-5-3-6-16(31)11-14)25(39)22-18(32)7-4-8-20(22)42-26)28-35-27(34)23-24(37-38-29(23)36-28)17-10-9-15(12-19(17)33)30(40)41-2/h3-13H,1-2H3,(H3,34,35,36,37,38). The molecule has 12 heteroatoms. The molecule has 0 aliphatic carbocycles. The van der Waals surface area contributed by atoms with E-state index in [4.69, 9.17) is 10.2 Å². The van der Waals surface area contributed by atoms with E-state index < -0.39 is 34.8 Å². The molecule has 0 spiro atoms. The van der Waals surface area contributed by atoms with E-state index >= 15 is 0 Å². The lowest BCUT2D eigenvalue weighted by Crippen LogP contribution is -2.14. The molecule has 210 valence electrons. The lowest BCUT2D eigenvalue weighted by atomic mass is 9.95. The van der Waals surface area contributed by atoms with Gasteiger partial charge in [-0.2, -0.15) is 5.10 Å². The third-order valence-corrected chi connectivity index (χ3v) is 6.91. The van der Waals surface area contributed by atoms with Crippen LogP contribution in [0.4, 0.5) is 19.0 Å². The minimum absolute atomic E-state index is 0.0102. The van der Waals surface area contributed by atoms with E-state index in [1.807, 2.05) is 0 Å². The predicted octanol–water partition coefficient (Wildman–Crippen LogP) is 5.73. The van der Waals surface area contributed by atoms with Crippen molar-refractivity contribution in [1.82, 2.24) is 20.2 Å². The predicted molar refractivity (Wildman–Crippen MR) is 148 cm³/mol. The molecular weight excluding hydrogens is 551 g/mol. The van der Waals surface area contributed by atoms with Crippen LogP contribution in [0, 0.1) is 17.5 Å². The molecule has 0 radical (unpaired) electrons. The van der Waals surface area contributed by atoms with Crippen molar-refractivity contribution in [2.24, 2.45) is 0 Å². The Kier molecular flexibility index (Phi) is 6.45. The van der Waals surface area contributed by atoms with Crippen LogP contribution < -0.4 is 11.2 Å². The number of methoxy groups -OCH3 is 1. The van der Waals surface area contributed by atoms with Crippen LogP contribution in [0.2, 0.25) is 0 Å². The first-order valence-corrected chi connectivity index (χ1v) is 12.6. The Morgan fingerprint density at radius 3 is 2.52 bits per heavy atom. The van der Waals surface area contributed by atoms with Crippen LogP contribution >= 0.6 is 0 Å². The van der Waals surface area contributed by atoms with Crippen LogP contribution in [0.5, 0.6) is 0 Å². The van der Waals surface area contributed by atoms with Gasteiger partial charge in [-0.25, -0.2) is 27.9 Å². The van der Waals surface area contributed by atoms with Crippen LogP contribution in [0.1, 0.15) is 34.8 Å². The number of benzene rings is 3. The molecule has 1 atom stereocenters. The van der Waals surface area contributed by atoms with E-state index in [1.165, 1.54) is 49.6 Å². The number of carbonyl (C=O) groups is 1. The fraction of sp³-hybridized carbons (Fsp3) is 0.100. The number of carbonyl (C=O) groups excluding carboxylic acids is 1. The van der Waals surface area contributed by atoms with Gasteiger partial charge in [0.1, 0.15) is 45.8 Å². The number of nitrogens with one attached hydrogen (secondary N) is 1. The summed E-state index contributed by atoms with van der Waals surface area (Å²) in [6, 6.07) is 13.1. The monoisotopic (exact) mass is 571 g/mol. The van der Waals surface area contributed by atoms with Gasteiger partial charge in [-0.3, -0.25) is 9.89 Å². The van der Waals surface area contributed by atoms with Crippen LogP contribution in [0.3, 0.4) is 0 Å². The maximum Gasteiger partial charge on any atom is 0.337 e. The van der Waals surface area contributed by atoms with Gasteiger partial charge in [0.05, 0.1) is 35.2 Å². The highest BCUT2D eigenvalue weighted by molar-refractivity contribution is 5.99. The van der Waals surface area contributed by atoms with Crippen molar-refractivity contribution in [3.05, 3.63) is 105 Å². The minimum Gasteiger partial charge on any atom is -0.465 e. The quantitative estimate of drug-likeness (QED) is 0.250. The van der Waals surface area contributed by atoms with Crippen LogP contribution in [-0.4, -0.2) is 33.2 Å². The summed E-state index contributed by atoms with van der Waals surface area (Å²) >= 11 is 0. The van der Waals surface area contributed by atoms with Crippen molar-refractivity contribution in [2.75, 3.05) is 12.8 Å². The normalized spacial score (nSPS) is 12.1. The van der Waals surface area contributed by atoms with Gasteiger partial charge < -0.3 is 14.9 Å². The van der Waals surface area contributed by atoms with Crippen LogP contribution in [0.15, 0.2) is 69.9 Å². The molecule has 3 aromatic heterocycles. The number of hydrogen-bond acceptors (Lipinski definition) is 8. The molecule has 6 rings (SSSR count). The fourth-order valence-corrected chi connectivity index (χ4v) is 4.88. The molecule has 3 aromatic carbocycles. The molecule has 0 fully saturated rings. The van der Waals surface area contributed by atoms with E-state index in [1.54, 1.807) is 6.92 Å². The maximum atomic E-state index is 15.0. The van der Waals surface area contributed by atoms with Gasteiger partial charge in [-0.1, -0.05) is 18.2 Å². The van der Waals surface area contributed by atoms with Crippen molar-refractivity contribution in [1.29, 1.82) is 0 Å². The van der Waals surface area contributed by atoms with Crippen molar-refractivity contribution < 1.29 is 27.1 Å². The second-order valence-electron chi connectivity index (χ2n) is 9.47. The number of rotatable bonds is 5. The van der Waals surface area contributed by atoms with Gasteiger partial charge in [0, 0.05) is 5.56 Å². The number of H-pyrrole nitrogens is 1. The number of esters is 1. The molecule has 0 amide bonds. The van der Waals surface area contributed by atoms with Gasteiger partial charge in [-0.05, 0) is 55.0 Å². The van der Waals surface area contributed by atoms with Gasteiger partial charge >= 0.3 is 5.97 Å². The first-order chi connectivity index (χ1) is 20.2. The molecule has 0 aliphatic heterocycles. The Bertz CT molecular complexity index is 2110. The SMILES string of the molecule is COC(=O)c1ccc(-c2[nH]nc3nc(C(C)c4oc5cccc(F)c5c(=O)c4-c4cccc(F)c4)nc(N)c23)c(F)c1. The molecular formula is C30H20F3N5O4. The average Bonchev–Trinajstić information content (AvgIpc) is 3.40. The Hall–Kier alpha value is -5.52. The van der Waals surface area contributed by atoms with Crippen molar-refractivity contribution >= 4 is 33.8 Å². The number of anilines is 1. The zero-order valence-electron chi connectivity index (χ0n) is 22.0. The van der Waals surface area contributed by atoms with Crippen molar-refractivity contribution in [3.8, 4) is 22.4 Å². The van der Waals surface area contributed by atoms with Gasteiger partial charge in [0.25, 0.3) is 0 Å². The topological polar surface area (TPSA) is 137 Å². The molecule has 42 heavy (non-hydrogen) atoms. The van der Waals surface area contributed by atoms with Gasteiger partial charge in [-0.15, -0.1) is 0 Å². The highest BCUT2D eigenvalue weighted by atomic mass is 19.1. The molecule has 0 saturated carbocycles. The lowest BCUT2D eigenvalue weighted by Gasteiger charge is -2.16. The number of ether oxygens (including phenoxy) is 1. The zero-order valence-corrected chi connectivity index (χ0v) is 22.0. The number of fused-ring (bicyclic) bond motifs is 2. The van der Waals surface area contributed by atoms with E-state index in [-0.39, 0.29) is 67.4 Å². The third kappa shape index (κ3) is 4.33. The number of aromatic amines is 1. The number of nitrogens with zero attached hydrogens (tertiary/aromatic N) is 3. The maximum absolute atomic E-state index is 15.0. The Morgan fingerprint density at radius 1 is 1.00 bits per heavy atom. The summed E-state index contributed by atoms with van der Waals surface area (Å²) in [5.41, 5.74) is 6.10. The first kappa shape index (κ1) is 26.7. The second kappa shape index (κ2) is 10.1. The summed E-state index contributed by atoms with van der Waals surface area (Å²) in [4.78, 5) is 34.3. The third-order valence-electron chi connectivity index (χ3n) is 6.91. The Labute approximate surface area is 234 Å². The smallest absolute Gasteiger partial charge is 0.337 e. The number of aromatic nitrogens is 4. The summed E-state index contributed by atoms with van der Waals surface area (Å²) < 4.78 is 54.6. The average molecular weight is 572 g/mol. The largest absolute Gasteiger partial charge is 0.465 e. The highest BCUT2D eigenvalue weighted by Gasteiger charge is 2.27. The van der Waals surface area contributed by atoms with Gasteiger partial charge in [0.2, 0.25) is 5.43 Å². The fourth-order valence-electron chi connectivity index (χ4n) is 4.88. The molecule has 3 N–H and O–H groups in total. The van der Waals surface area contributed by atoms with E-state index in [0.29, 0.717) is 0 Å². The summed E-state index contributed by atoms with van der Waals surface area (Å²) in [6.45, 7) is 1.64. The Balaban J connectivity index is 1.51. The molecule has 1 unspecified atom stereocenters. The second-order valence-corrected chi connectivity index (χ2v) is 9.47. The van der Waals surface area contributed by atoms with E-state index in [0.717, 1.165) is 18.2 Å². The van der Waals surface area contributed by atoms with E-state index in [9.17, 15) is 22.8 Å². The molecule has 0 bridgehead atoms. The summed E-state index contributed by atoms with van der Waals surface area (Å²) in [5.74, 6) is -3.55. The highest BCUT2D eigenvalue weighted by Crippen LogP contribution is 2.36. The van der Waals surface area contributed by atoms with Crippen LogP contribution in [0.25, 0.3) is 44.4 Å². The number of halogens is 3. The number of nitrogens with two attached hydrogens (primary N) is 1. The van der Waals surface area contributed by atoms with Crippen LogP contribution in [-0.2, 0) is 4.74 Å².